The fourth-order valence-corrected chi connectivity index (χ4v) is 1.75. The van der Waals surface area contributed by atoms with Gasteiger partial charge in [-0.3, -0.25) is 9.59 Å². The third-order valence-electron chi connectivity index (χ3n) is 2.81. The fraction of sp³-hybridized carbons (Fsp3) is 0.375. The van der Waals surface area contributed by atoms with E-state index in [4.69, 9.17) is 5.11 Å². The molecule has 4 nitrogen and oxygen atoms in total. The maximum Gasteiger partial charge on any atom is 0.305 e. The maximum atomic E-state index is 12.1. The highest BCUT2D eigenvalue weighted by molar-refractivity contribution is 5.88. The van der Waals surface area contributed by atoms with Crippen LogP contribution in [0.25, 0.3) is 0 Å². The number of aryl methyl sites for hydroxylation is 1. The lowest BCUT2D eigenvalue weighted by Crippen LogP contribution is -2.31. The van der Waals surface area contributed by atoms with Crippen LogP contribution >= 0.6 is 0 Å². The summed E-state index contributed by atoms with van der Waals surface area (Å²) in [5.41, 5.74) is 3.05. The Morgan fingerprint density at radius 1 is 1.20 bits per heavy atom. The highest BCUT2D eigenvalue weighted by Gasteiger charge is 2.13. The summed E-state index contributed by atoms with van der Waals surface area (Å²) in [6, 6.07) is 7.88. The number of aliphatic carboxylic acids is 1. The molecule has 0 aliphatic heterocycles. The number of carbonyl (C=O) groups excluding carboxylic acids is 1. The Balaban J connectivity index is 2.81. The van der Waals surface area contributed by atoms with E-state index in [0.717, 1.165) is 16.7 Å². The molecular formula is C16H21NO3. The zero-order valence-corrected chi connectivity index (χ0v) is 12.2. The second kappa shape index (κ2) is 7.48. The number of nitrogens with zero attached hydrogens (tertiary/aromatic N) is 1. The van der Waals surface area contributed by atoms with Crippen LogP contribution in [0.4, 0.5) is 0 Å². The van der Waals surface area contributed by atoms with Crippen LogP contribution in [0.15, 0.2) is 35.9 Å². The Kier molecular flexibility index (Phi) is 5.97. The van der Waals surface area contributed by atoms with Gasteiger partial charge in [0.2, 0.25) is 5.91 Å². The molecule has 20 heavy (non-hydrogen) atoms. The molecule has 0 aliphatic carbocycles. The third-order valence-corrected chi connectivity index (χ3v) is 2.81. The van der Waals surface area contributed by atoms with Crippen molar-refractivity contribution in [2.24, 2.45) is 0 Å². The van der Waals surface area contributed by atoms with E-state index in [2.05, 4.69) is 0 Å². The van der Waals surface area contributed by atoms with Crippen LogP contribution < -0.4 is 0 Å². The summed E-state index contributed by atoms with van der Waals surface area (Å²) >= 11 is 0. The number of carboxylic acid groups (broad SMARTS) is 1. The second-order valence-corrected chi connectivity index (χ2v) is 5.11. The number of benzene rings is 1. The Bertz CT molecular complexity index is 499. The monoisotopic (exact) mass is 275 g/mol. The molecule has 0 spiro atoms. The summed E-state index contributed by atoms with van der Waals surface area (Å²) in [4.78, 5) is 24.3. The van der Waals surface area contributed by atoms with Gasteiger partial charge >= 0.3 is 5.97 Å². The zero-order valence-electron chi connectivity index (χ0n) is 12.2. The molecule has 0 aromatic heterocycles. The van der Waals surface area contributed by atoms with E-state index in [1.807, 2.05) is 45.0 Å². The van der Waals surface area contributed by atoms with Gasteiger partial charge in [-0.15, -0.1) is 0 Å². The largest absolute Gasteiger partial charge is 0.481 e. The molecule has 0 radical (unpaired) electrons. The lowest BCUT2D eigenvalue weighted by atomic mass is 10.1. The SMILES string of the molecule is CC(C)=CC(=O)N(CCC(=O)O)Cc1ccc(C)cc1. The fourth-order valence-electron chi connectivity index (χ4n) is 1.75. The molecular weight excluding hydrogens is 254 g/mol. The topological polar surface area (TPSA) is 57.6 Å². The van der Waals surface area contributed by atoms with Crippen molar-refractivity contribution in [3.8, 4) is 0 Å². The van der Waals surface area contributed by atoms with Crippen LogP contribution in [0.2, 0.25) is 0 Å². The minimum absolute atomic E-state index is 0.0474. The molecule has 1 rings (SSSR count). The standard InChI is InChI=1S/C16H21NO3/c1-12(2)10-15(18)17(9-8-16(19)20)11-14-6-4-13(3)5-7-14/h4-7,10H,8-9,11H2,1-3H3,(H,19,20). The van der Waals surface area contributed by atoms with E-state index in [1.54, 1.807) is 4.90 Å². The quantitative estimate of drug-likeness (QED) is 0.812. The van der Waals surface area contributed by atoms with E-state index >= 15 is 0 Å². The van der Waals surface area contributed by atoms with Crippen molar-refractivity contribution in [3.05, 3.63) is 47.0 Å². The summed E-state index contributed by atoms with van der Waals surface area (Å²) in [5.74, 6) is -1.05. The van der Waals surface area contributed by atoms with E-state index in [1.165, 1.54) is 6.08 Å². The Labute approximate surface area is 119 Å². The van der Waals surface area contributed by atoms with Crippen molar-refractivity contribution in [2.45, 2.75) is 33.7 Å². The molecule has 0 unspecified atom stereocenters. The molecule has 0 atom stereocenters. The van der Waals surface area contributed by atoms with Crippen molar-refractivity contribution in [3.63, 3.8) is 0 Å². The van der Waals surface area contributed by atoms with Gasteiger partial charge in [-0.1, -0.05) is 35.4 Å². The first-order valence-corrected chi connectivity index (χ1v) is 6.59. The lowest BCUT2D eigenvalue weighted by molar-refractivity contribution is -0.138. The molecule has 0 bridgehead atoms. The summed E-state index contributed by atoms with van der Waals surface area (Å²) in [6.07, 6.45) is 1.49. The minimum Gasteiger partial charge on any atom is -0.481 e. The van der Waals surface area contributed by atoms with Crippen LogP contribution in [-0.2, 0) is 16.1 Å². The summed E-state index contributed by atoms with van der Waals surface area (Å²) in [7, 11) is 0. The summed E-state index contributed by atoms with van der Waals surface area (Å²) < 4.78 is 0. The molecule has 0 fully saturated rings. The first kappa shape index (κ1) is 16.0. The molecule has 0 aliphatic rings. The average Bonchev–Trinajstić information content (AvgIpc) is 2.35. The Morgan fingerprint density at radius 2 is 1.80 bits per heavy atom. The third kappa shape index (κ3) is 5.69. The van der Waals surface area contributed by atoms with Gasteiger partial charge in [-0.2, -0.15) is 0 Å². The van der Waals surface area contributed by atoms with Crippen molar-refractivity contribution in [1.29, 1.82) is 0 Å². The van der Waals surface area contributed by atoms with Crippen molar-refractivity contribution >= 4 is 11.9 Å². The molecule has 0 saturated carbocycles. The number of amides is 1. The summed E-state index contributed by atoms with van der Waals surface area (Å²) in [5, 5.41) is 8.78. The Morgan fingerprint density at radius 3 is 2.30 bits per heavy atom. The normalized spacial score (nSPS) is 9.95. The van der Waals surface area contributed by atoms with Gasteiger partial charge in [0.1, 0.15) is 0 Å². The average molecular weight is 275 g/mol. The van der Waals surface area contributed by atoms with E-state index in [9.17, 15) is 9.59 Å². The van der Waals surface area contributed by atoms with Crippen LogP contribution in [0.5, 0.6) is 0 Å². The van der Waals surface area contributed by atoms with Crippen LogP contribution in [-0.4, -0.2) is 28.4 Å². The number of carboxylic acids is 1. The predicted octanol–water partition coefficient (Wildman–Crippen LogP) is 2.76. The molecule has 1 amide bonds. The first-order chi connectivity index (χ1) is 9.38. The molecule has 1 aromatic rings. The molecule has 0 saturated heterocycles. The maximum absolute atomic E-state index is 12.1. The van der Waals surface area contributed by atoms with Gasteiger partial charge in [-0.05, 0) is 26.3 Å². The van der Waals surface area contributed by atoms with Gasteiger partial charge in [0.25, 0.3) is 0 Å². The highest BCUT2D eigenvalue weighted by atomic mass is 16.4. The first-order valence-electron chi connectivity index (χ1n) is 6.59. The van der Waals surface area contributed by atoms with Crippen molar-refractivity contribution in [2.75, 3.05) is 6.54 Å². The minimum atomic E-state index is -0.899. The number of hydrogen-bond acceptors (Lipinski definition) is 2. The van der Waals surface area contributed by atoms with E-state index in [0.29, 0.717) is 6.54 Å². The Hall–Kier alpha value is -2.10. The van der Waals surface area contributed by atoms with Crippen LogP contribution in [0.3, 0.4) is 0 Å². The highest BCUT2D eigenvalue weighted by Crippen LogP contribution is 2.09. The van der Waals surface area contributed by atoms with E-state index < -0.39 is 5.97 Å². The van der Waals surface area contributed by atoms with Gasteiger partial charge in [-0.25, -0.2) is 0 Å². The number of allylic oxidation sites excluding steroid dienone is 1. The van der Waals surface area contributed by atoms with Gasteiger partial charge in [0.05, 0.1) is 6.42 Å². The number of hydrogen-bond donors (Lipinski definition) is 1. The second-order valence-electron chi connectivity index (χ2n) is 5.11. The predicted molar refractivity (Wildman–Crippen MR) is 78.3 cm³/mol. The van der Waals surface area contributed by atoms with Gasteiger partial charge < -0.3 is 10.0 Å². The van der Waals surface area contributed by atoms with Crippen molar-refractivity contribution < 1.29 is 14.7 Å². The molecule has 1 aromatic carbocycles. The molecule has 108 valence electrons. The van der Waals surface area contributed by atoms with Gasteiger partial charge in [0, 0.05) is 19.2 Å². The number of carbonyl (C=O) groups is 2. The van der Waals surface area contributed by atoms with E-state index in [-0.39, 0.29) is 18.9 Å². The molecule has 1 N–H and O–H groups in total. The summed E-state index contributed by atoms with van der Waals surface area (Å²) in [6.45, 7) is 6.33. The van der Waals surface area contributed by atoms with Crippen molar-refractivity contribution in [1.82, 2.24) is 4.90 Å². The zero-order chi connectivity index (χ0) is 15.1. The molecule has 4 heteroatoms. The van der Waals surface area contributed by atoms with Crippen LogP contribution in [0, 0.1) is 6.92 Å². The molecule has 0 heterocycles. The smallest absolute Gasteiger partial charge is 0.305 e. The number of rotatable bonds is 6. The lowest BCUT2D eigenvalue weighted by Gasteiger charge is -2.21. The van der Waals surface area contributed by atoms with Gasteiger partial charge in [0.15, 0.2) is 0 Å². The van der Waals surface area contributed by atoms with Crippen LogP contribution in [0.1, 0.15) is 31.4 Å².